The zero-order chi connectivity index (χ0) is 14.2. The van der Waals surface area contributed by atoms with Gasteiger partial charge in [0.25, 0.3) is 0 Å². The molecule has 3 unspecified atom stereocenters. The highest BCUT2D eigenvalue weighted by molar-refractivity contribution is 9.11. The van der Waals surface area contributed by atoms with Gasteiger partial charge in [-0.15, -0.1) is 0 Å². The molecule has 0 aromatic heterocycles. The minimum Gasteiger partial charge on any atom is -0.369 e. The maximum atomic E-state index is 6.31. The van der Waals surface area contributed by atoms with Crippen LogP contribution in [0.5, 0.6) is 0 Å². The van der Waals surface area contributed by atoms with E-state index in [0.29, 0.717) is 0 Å². The zero-order valence-electron chi connectivity index (χ0n) is 12.1. The zero-order valence-corrected chi connectivity index (χ0v) is 13.6. The van der Waals surface area contributed by atoms with Crippen molar-refractivity contribution in [3.63, 3.8) is 0 Å². The first kappa shape index (κ1) is 15.4. The van der Waals surface area contributed by atoms with Crippen molar-refractivity contribution < 1.29 is 14.2 Å². The van der Waals surface area contributed by atoms with Crippen molar-refractivity contribution in [3.05, 3.63) is 10.6 Å². The summed E-state index contributed by atoms with van der Waals surface area (Å²) in [7, 11) is 0. The summed E-state index contributed by atoms with van der Waals surface area (Å²) < 4.78 is 18.8. The van der Waals surface area contributed by atoms with E-state index in [-0.39, 0.29) is 30.5 Å². The van der Waals surface area contributed by atoms with E-state index < -0.39 is 5.79 Å². The van der Waals surface area contributed by atoms with E-state index in [4.69, 9.17) is 19.9 Å². The molecule has 4 atom stereocenters. The fraction of sp³-hybridized carbons (Fsp3) is 0.857. The van der Waals surface area contributed by atoms with Crippen molar-refractivity contribution in [2.45, 2.75) is 76.8 Å². The van der Waals surface area contributed by atoms with Crippen molar-refractivity contribution in [3.8, 4) is 0 Å². The number of hydrogen-bond donors (Lipinski definition) is 1. The molecule has 1 aliphatic heterocycles. The van der Waals surface area contributed by atoms with Crippen LogP contribution >= 0.6 is 15.9 Å². The molecule has 110 valence electrons. The van der Waals surface area contributed by atoms with Crippen molar-refractivity contribution in [2.75, 3.05) is 0 Å². The van der Waals surface area contributed by atoms with Crippen LogP contribution in [0.4, 0.5) is 0 Å². The summed E-state index contributed by atoms with van der Waals surface area (Å²) in [6, 6.07) is -0.200. The van der Waals surface area contributed by atoms with Crippen LogP contribution in [0, 0.1) is 0 Å². The summed E-state index contributed by atoms with van der Waals surface area (Å²) in [5, 5.41) is 0. The summed E-state index contributed by atoms with van der Waals surface area (Å²) in [6.45, 7) is 8.08. The number of fused-ring (bicyclic) bond motifs is 1. The molecule has 0 bridgehead atoms. The van der Waals surface area contributed by atoms with Gasteiger partial charge in [0, 0.05) is 4.48 Å². The first-order valence-electron chi connectivity index (χ1n) is 7.01. The SMILES string of the molecule is CCC(CC)O[C@@H]1C=C(Br)C2OC(C)(C)OC2C1N. The van der Waals surface area contributed by atoms with Crippen LogP contribution in [-0.4, -0.2) is 36.2 Å². The monoisotopic (exact) mass is 333 g/mol. The molecule has 2 aliphatic rings. The average Bonchev–Trinajstić information content (AvgIpc) is 2.68. The normalized spacial score (nSPS) is 37.3. The van der Waals surface area contributed by atoms with Crippen molar-refractivity contribution >= 4 is 15.9 Å². The Morgan fingerprint density at radius 2 is 2.00 bits per heavy atom. The van der Waals surface area contributed by atoms with Gasteiger partial charge in [0.05, 0.1) is 18.2 Å². The Morgan fingerprint density at radius 1 is 1.37 bits per heavy atom. The summed E-state index contributed by atoms with van der Waals surface area (Å²) in [4.78, 5) is 0. The van der Waals surface area contributed by atoms with Crippen LogP contribution < -0.4 is 5.73 Å². The van der Waals surface area contributed by atoms with Gasteiger partial charge < -0.3 is 19.9 Å². The number of ether oxygens (including phenoxy) is 3. The van der Waals surface area contributed by atoms with Crippen molar-refractivity contribution in [1.29, 1.82) is 0 Å². The Balaban J connectivity index is 2.13. The summed E-state index contributed by atoms with van der Waals surface area (Å²) in [5.41, 5.74) is 6.31. The van der Waals surface area contributed by atoms with Crippen LogP contribution in [0.15, 0.2) is 10.6 Å². The van der Waals surface area contributed by atoms with E-state index in [1.165, 1.54) is 0 Å². The summed E-state index contributed by atoms with van der Waals surface area (Å²) in [5.74, 6) is -0.594. The maximum absolute atomic E-state index is 6.31. The third-order valence-electron chi connectivity index (χ3n) is 3.74. The summed E-state index contributed by atoms with van der Waals surface area (Å²) in [6.07, 6.45) is 3.83. The van der Waals surface area contributed by atoms with Crippen LogP contribution in [0.3, 0.4) is 0 Å². The van der Waals surface area contributed by atoms with E-state index >= 15 is 0 Å². The largest absolute Gasteiger partial charge is 0.369 e. The molecular formula is C14H24BrNO3. The van der Waals surface area contributed by atoms with E-state index in [0.717, 1.165) is 17.3 Å². The minimum absolute atomic E-state index is 0.119. The molecule has 2 N–H and O–H groups in total. The molecular weight excluding hydrogens is 310 g/mol. The number of hydrogen-bond acceptors (Lipinski definition) is 4. The third kappa shape index (κ3) is 3.22. The van der Waals surface area contributed by atoms with Gasteiger partial charge in [-0.25, -0.2) is 0 Å². The molecule has 1 fully saturated rings. The van der Waals surface area contributed by atoms with Crippen molar-refractivity contribution in [2.24, 2.45) is 5.73 Å². The highest BCUT2D eigenvalue weighted by Crippen LogP contribution is 2.39. The summed E-state index contributed by atoms with van der Waals surface area (Å²) >= 11 is 3.57. The second-order valence-corrected chi connectivity index (χ2v) is 6.60. The van der Waals surface area contributed by atoms with Gasteiger partial charge in [0.15, 0.2) is 5.79 Å². The standard InChI is InChI=1S/C14H24BrNO3/c1-5-8(6-2)17-10-7-9(15)12-13(11(10)16)19-14(3,4)18-12/h7-8,10-13H,5-6,16H2,1-4H3/t10-,11?,12?,13?/m1/s1. The molecule has 1 heterocycles. The molecule has 0 spiro atoms. The first-order chi connectivity index (χ1) is 8.88. The third-order valence-corrected chi connectivity index (χ3v) is 4.46. The Hall–Kier alpha value is 0.0600. The molecule has 2 rings (SSSR count). The van der Waals surface area contributed by atoms with Gasteiger partial charge in [-0.05, 0) is 32.8 Å². The predicted molar refractivity (Wildman–Crippen MR) is 78.1 cm³/mol. The van der Waals surface area contributed by atoms with Gasteiger partial charge in [0.2, 0.25) is 0 Å². The molecule has 1 saturated heterocycles. The van der Waals surface area contributed by atoms with Crippen LogP contribution in [0.1, 0.15) is 40.5 Å². The molecule has 4 nitrogen and oxygen atoms in total. The van der Waals surface area contributed by atoms with Gasteiger partial charge in [-0.3, -0.25) is 0 Å². The molecule has 0 aromatic rings. The molecule has 0 radical (unpaired) electrons. The lowest BCUT2D eigenvalue weighted by molar-refractivity contribution is -0.147. The van der Waals surface area contributed by atoms with Gasteiger partial charge in [-0.2, -0.15) is 0 Å². The fourth-order valence-corrected chi connectivity index (χ4v) is 3.28. The molecule has 0 saturated carbocycles. The Morgan fingerprint density at radius 3 is 2.58 bits per heavy atom. The van der Waals surface area contributed by atoms with E-state index in [1.54, 1.807) is 0 Å². The second kappa shape index (κ2) is 5.82. The minimum atomic E-state index is -0.594. The quantitative estimate of drug-likeness (QED) is 0.859. The van der Waals surface area contributed by atoms with E-state index in [9.17, 15) is 0 Å². The molecule has 0 aromatic carbocycles. The van der Waals surface area contributed by atoms with Gasteiger partial charge in [0.1, 0.15) is 12.2 Å². The molecule has 5 heteroatoms. The lowest BCUT2D eigenvalue weighted by Crippen LogP contribution is -2.53. The van der Waals surface area contributed by atoms with Crippen LogP contribution in [0.2, 0.25) is 0 Å². The van der Waals surface area contributed by atoms with E-state index in [2.05, 4.69) is 29.8 Å². The van der Waals surface area contributed by atoms with Crippen molar-refractivity contribution in [1.82, 2.24) is 0 Å². The molecule has 0 amide bonds. The lowest BCUT2D eigenvalue weighted by atomic mass is 9.94. The highest BCUT2D eigenvalue weighted by atomic mass is 79.9. The Labute approximate surface area is 123 Å². The molecule has 1 aliphatic carbocycles. The average molecular weight is 334 g/mol. The molecule has 19 heavy (non-hydrogen) atoms. The van der Waals surface area contributed by atoms with Crippen LogP contribution in [0.25, 0.3) is 0 Å². The second-order valence-electron chi connectivity index (χ2n) is 5.69. The number of rotatable bonds is 4. The van der Waals surface area contributed by atoms with Gasteiger partial charge in [-0.1, -0.05) is 29.8 Å². The fourth-order valence-electron chi connectivity index (χ4n) is 2.67. The van der Waals surface area contributed by atoms with Gasteiger partial charge >= 0.3 is 0 Å². The lowest BCUT2D eigenvalue weighted by Gasteiger charge is -2.35. The first-order valence-corrected chi connectivity index (χ1v) is 7.81. The topological polar surface area (TPSA) is 53.7 Å². The maximum Gasteiger partial charge on any atom is 0.164 e. The Bertz CT molecular complexity index is 355. The highest BCUT2D eigenvalue weighted by Gasteiger charge is 2.50. The Kier molecular flexibility index (Phi) is 4.73. The van der Waals surface area contributed by atoms with Crippen LogP contribution in [-0.2, 0) is 14.2 Å². The predicted octanol–water partition coefficient (Wildman–Crippen LogP) is 2.70. The number of nitrogens with two attached hydrogens (primary N) is 1. The van der Waals surface area contributed by atoms with E-state index in [1.807, 2.05) is 19.9 Å². The smallest absolute Gasteiger partial charge is 0.164 e. The number of halogens is 1.